The largest absolute Gasteiger partial charge is 0.373 e. The SMILES string of the molecule is C=C/C1=C/N\N=C/C(C(/C=NC)=C\N2CCN(C(=C)CN3CCC(c4ccc(C)cc4)CC3)CC2)=C\C1=C. The van der Waals surface area contributed by atoms with Crippen molar-refractivity contribution in [2.75, 3.05) is 52.9 Å². The van der Waals surface area contributed by atoms with E-state index in [4.69, 9.17) is 0 Å². The van der Waals surface area contributed by atoms with Gasteiger partial charge in [-0.2, -0.15) is 5.10 Å². The molecule has 0 amide bonds. The highest BCUT2D eigenvalue weighted by Gasteiger charge is 2.23. The first kappa shape index (κ1) is 27.4. The molecule has 3 aliphatic heterocycles. The molecular weight excluding hydrogens is 468 g/mol. The number of hydrogen-bond acceptors (Lipinski definition) is 6. The standard InChI is InChI=1S/C32H42N6/c1-6-28-21-34-35-22-31(19-26(28)3)32(20-33-5)24-37-15-17-38(18-16-37)27(4)23-36-13-11-30(12-14-36)29-9-7-25(2)8-10-29/h6-10,19-22,24,30,34H,1,3-4,11-18,23H2,2,5H3/b28-21-,31-19+,32-24-,33-20?,35-22-. The molecule has 0 unspecified atom stereocenters. The maximum absolute atomic E-state index is 4.46. The summed E-state index contributed by atoms with van der Waals surface area (Å²) >= 11 is 0. The van der Waals surface area contributed by atoms with Crippen molar-refractivity contribution in [2.45, 2.75) is 25.7 Å². The highest BCUT2D eigenvalue weighted by atomic mass is 15.3. The molecule has 200 valence electrons. The molecule has 0 bridgehead atoms. The first-order chi connectivity index (χ1) is 18.5. The molecule has 0 spiro atoms. The van der Waals surface area contributed by atoms with Gasteiger partial charge in [0.2, 0.25) is 0 Å². The van der Waals surface area contributed by atoms with Gasteiger partial charge in [0.05, 0.1) is 6.21 Å². The zero-order valence-electron chi connectivity index (χ0n) is 23.1. The number of allylic oxidation sites excluding steroid dienone is 6. The third-order valence-electron chi connectivity index (χ3n) is 7.65. The van der Waals surface area contributed by atoms with E-state index in [0.717, 1.165) is 68.1 Å². The summed E-state index contributed by atoms with van der Waals surface area (Å²) in [5.41, 5.74) is 10.8. The number of likely N-dealkylation sites (tertiary alicyclic amines) is 1. The molecule has 0 aliphatic carbocycles. The van der Waals surface area contributed by atoms with Gasteiger partial charge >= 0.3 is 0 Å². The molecule has 0 aromatic heterocycles. The normalized spacial score (nSPS) is 23.6. The number of nitrogens with zero attached hydrogens (tertiary/aromatic N) is 5. The molecule has 1 N–H and O–H groups in total. The van der Waals surface area contributed by atoms with Crippen LogP contribution in [0, 0.1) is 6.92 Å². The third kappa shape index (κ3) is 7.23. The van der Waals surface area contributed by atoms with Crippen molar-refractivity contribution in [1.82, 2.24) is 20.1 Å². The van der Waals surface area contributed by atoms with Gasteiger partial charge in [-0.15, -0.1) is 0 Å². The fraction of sp³-hybridized carbons (Fsp3) is 0.375. The van der Waals surface area contributed by atoms with Crippen LogP contribution in [0.3, 0.4) is 0 Å². The number of hydrogen-bond donors (Lipinski definition) is 1. The fourth-order valence-corrected chi connectivity index (χ4v) is 5.27. The van der Waals surface area contributed by atoms with Crippen LogP contribution >= 0.6 is 0 Å². The molecule has 2 fully saturated rings. The smallest absolute Gasteiger partial charge is 0.0551 e. The Morgan fingerprint density at radius 1 is 1.11 bits per heavy atom. The summed E-state index contributed by atoms with van der Waals surface area (Å²) in [5.74, 6) is 0.682. The van der Waals surface area contributed by atoms with Crippen LogP contribution in [0.2, 0.25) is 0 Å². The summed E-state index contributed by atoms with van der Waals surface area (Å²) in [5, 5.41) is 4.30. The minimum absolute atomic E-state index is 0.682. The summed E-state index contributed by atoms with van der Waals surface area (Å²) in [6.07, 6.45) is 13.9. The Kier molecular flexibility index (Phi) is 9.55. The zero-order chi connectivity index (χ0) is 26.9. The predicted molar refractivity (Wildman–Crippen MR) is 162 cm³/mol. The second-order valence-corrected chi connectivity index (χ2v) is 10.3. The lowest BCUT2D eigenvalue weighted by atomic mass is 9.89. The Morgan fingerprint density at radius 2 is 1.82 bits per heavy atom. The van der Waals surface area contributed by atoms with E-state index in [-0.39, 0.29) is 0 Å². The third-order valence-corrected chi connectivity index (χ3v) is 7.65. The van der Waals surface area contributed by atoms with E-state index < -0.39 is 0 Å². The molecule has 0 radical (unpaired) electrons. The van der Waals surface area contributed by atoms with Gasteiger partial charge in [-0.05, 0) is 61.6 Å². The van der Waals surface area contributed by atoms with Crippen LogP contribution < -0.4 is 5.43 Å². The molecule has 3 aliphatic rings. The highest BCUT2D eigenvalue weighted by molar-refractivity contribution is 5.99. The van der Waals surface area contributed by atoms with Crippen LogP contribution in [-0.2, 0) is 0 Å². The molecule has 6 heteroatoms. The number of aryl methyl sites for hydroxylation is 1. The van der Waals surface area contributed by atoms with E-state index in [2.05, 4.69) is 87.3 Å². The van der Waals surface area contributed by atoms with E-state index in [1.54, 1.807) is 19.3 Å². The lowest BCUT2D eigenvalue weighted by molar-refractivity contribution is 0.170. The molecule has 2 saturated heterocycles. The van der Waals surface area contributed by atoms with Crippen molar-refractivity contribution in [3.8, 4) is 0 Å². The van der Waals surface area contributed by atoms with Crippen molar-refractivity contribution >= 4 is 12.4 Å². The number of rotatable bonds is 8. The van der Waals surface area contributed by atoms with Crippen LogP contribution in [0.4, 0.5) is 0 Å². The van der Waals surface area contributed by atoms with Crippen molar-refractivity contribution in [3.05, 3.63) is 108 Å². The summed E-state index contributed by atoms with van der Waals surface area (Å²) in [6.45, 7) is 21.7. The summed E-state index contributed by atoms with van der Waals surface area (Å²) in [6, 6.07) is 9.10. The number of benzene rings is 1. The molecule has 0 saturated carbocycles. The van der Waals surface area contributed by atoms with Crippen LogP contribution in [0.1, 0.15) is 29.9 Å². The van der Waals surface area contributed by atoms with E-state index in [1.165, 1.54) is 29.7 Å². The lowest BCUT2D eigenvalue weighted by Gasteiger charge is -2.39. The molecule has 1 aromatic rings. The topological polar surface area (TPSA) is 46.5 Å². The summed E-state index contributed by atoms with van der Waals surface area (Å²) < 4.78 is 0. The molecule has 0 atom stereocenters. The van der Waals surface area contributed by atoms with Crippen molar-refractivity contribution in [3.63, 3.8) is 0 Å². The van der Waals surface area contributed by atoms with Crippen LogP contribution in [-0.4, -0.2) is 80.0 Å². The molecule has 38 heavy (non-hydrogen) atoms. The minimum atomic E-state index is 0.682. The van der Waals surface area contributed by atoms with Gasteiger partial charge < -0.3 is 9.80 Å². The van der Waals surface area contributed by atoms with Crippen molar-refractivity contribution in [2.24, 2.45) is 10.1 Å². The maximum Gasteiger partial charge on any atom is 0.0551 e. The van der Waals surface area contributed by atoms with Crippen molar-refractivity contribution in [1.29, 1.82) is 0 Å². The van der Waals surface area contributed by atoms with Crippen molar-refractivity contribution < 1.29 is 0 Å². The van der Waals surface area contributed by atoms with Gasteiger partial charge in [0.25, 0.3) is 0 Å². The Balaban J connectivity index is 1.29. The molecular formula is C32H42N6. The quantitative estimate of drug-likeness (QED) is 0.498. The number of piperidine rings is 1. The van der Waals surface area contributed by atoms with Crippen LogP contribution in [0.5, 0.6) is 0 Å². The first-order valence-electron chi connectivity index (χ1n) is 13.6. The van der Waals surface area contributed by atoms with Crippen LogP contribution in [0.15, 0.2) is 107 Å². The Morgan fingerprint density at radius 3 is 2.47 bits per heavy atom. The second-order valence-electron chi connectivity index (χ2n) is 10.3. The number of nitrogens with one attached hydrogen (secondary N) is 1. The van der Waals surface area contributed by atoms with E-state index >= 15 is 0 Å². The molecule has 3 heterocycles. The summed E-state index contributed by atoms with van der Waals surface area (Å²) in [7, 11) is 1.79. The fourth-order valence-electron chi connectivity index (χ4n) is 5.27. The Hall–Kier alpha value is -3.64. The summed E-state index contributed by atoms with van der Waals surface area (Å²) in [4.78, 5) is 11.7. The number of hydrazone groups is 1. The Labute approximate surface area is 228 Å². The number of piperazine rings is 1. The Bertz CT molecular complexity index is 1150. The van der Waals surface area contributed by atoms with Gasteiger partial charge in [-0.1, -0.05) is 55.6 Å². The molecule has 4 rings (SSSR count). The van der Waals surface area contributed by atoms with Gasteiger partial charge in [0.15, 0.2) is 0 Å². The zero-order valence-corrected chi connectivity index (χ0v) is 23.1. The molecule has 6 nitrogen and oxygen atoms in total. The maximum atomic E-state index is 4.46. The monoisotopic (exact) mass is 510 g/mol. The van der Waals surface area contributed by atoms with Gasteiger partial charge in [0.1, 0.15) is 0 Å². The van der Waals surface area contributed by atoms with E-state index in [0.29, 0.717) is 5.92 Å². The van der Waals surface area contributed by atoms with Gasteiger partial charge in [-0.3, -0.25) is 15.3 Å². The predicted octanol–water partition coefficient (Wildman–Crippen LogP) is 5.03. The second kappa shape index (κ2) is 13.2. The van der Waals surface area contributed by atoms with Gasteiger partial charge in [0, 0.05) is 75.2 Å². The van der Waals surface area contributed by atoms with E-state index in [1.807, 2.05) is 18.5 Å². The van der Waals surface area contributed by atoms with Crippen LogP contribution in [0.25, 0.3) is 0 Å². The number of aliphatic imine (C=N–C) groups is 1. The first-order valence-corrected chi connectivity index (χ1v) is 13.6. The van der Waals surface area contributed by atoms with Gasteiger partial charge in [-0.25, -0.2) is 0 Å². The molecule has 1 aromatic carbocycles. The average molecular weight is 511 g/mol. The minimum Gasteiger partial charge on any atom is -0.373 e. The average Bonchev–Trinajstić information content (AvgIpc) is 2.92. The van der Waals surface area contributed by atoms with E-state index in [9.17, 15) is 0 Å². The highest BCUT2D eigenvalue weighted by Crippen LogP contribution is 2.28. The lowest BCUT2D eigenvalue weighted by Crippen LogP contribution is -2.46.